The van der Waals surface area contributed by atoms with Crippen LogP contribution in [0.3, 0.4) is 0 Å². The van der Waals surface area contributed by atoms with E-state index in [0.29, 0.717) is 18.8 Å². The van der Waals surface area contributed by atoms with Crippen LogP contribution >= 0.6 is 0 Å². The van der Waals surface area contributed by atoms with E-state index in [0.717, 1.165) is 51.5 Å². The van der Waals surface area contributed by atoms with E-state index in [9.17, 15) is 9.59 Å². The Bertz CT molecular complexity index is 824. The van der Waals surface area contributed by atoms with Crippen LogP contribution in [0, 0.1) is 5.92 Å². The van der Waals surface area contributed by atoms with Crippen molar-refractivity contribution in [3.63, 3.8) is 0 Å². The molecule has 0 bridgehead atoms. The van der Waals surface area contributed by atoms with Crippen LogP contribution in [0.2, 0.25) is 0 Å². The number of Topliss-reactive ketones (excluding diaryl/α,β-unsaturated/α-hetero) is 1. The molecule has 2 saturated heterocycles. The number of pyridine rings is 1. The highest BCUT2D eigenvalue weighted by atomic mass is 16.2. The van der Waals surface area contributed by atoms with Crippen LogP contribution in [-0.2, 0) is 4.79 Å². The van der Waals surface area contributed by atoms with Crippen molar-refractivity contribution in [2.24, 2.45) is 5.92 Å². The Morgan fingerprint density at radius 2 is 1.69 bits per heavy atom. The monoisotopic (exact) mass is 394 g/mol. The third-order valence-electron chi connectivity index (χ3n) is 5.63. The van der Waals surface area contributed by atoms with Crippen molar-refractivity contribution in [3.05, 3.63) is 48.5 Å². The van der Waals surface area contributed by atoms with Crippen LogP contribution < -0.4 is 4.90 Å². The molecule has 152 valence electrons. The normalized spacial score (nSPS) is 20.5. The molecular weight excluding hydrogens is 368 g/mol. The first kappa shape index (κ1) is 19.4. The van der Waals surface area contributed by atoms with Gasteiger partial charge in [0.05, 0.1) is 6.54 Å². The van der Waals surface area contributed by atoms with Gasteiger partial charge in [-0.3, -0.25) is 19.5 Å². The summed E-state index contributed by atoms with van der Waals surface area (Å²) in [6.45, 7) is 4.82. The Kier molecular flexibility index (Phi) is 6.09. The molecule has 0 saturated carbocycles. The van der Waals surface area contributed by atoms with Crippen LogP contribution in [0.5, 0.6) is 0 Å². The van der Waals surface area contributed by atoms with Crippen molar-refractivity contribution in [1.82, 2.24) is 24.8 Å². The number of piperazine rings is 1. The summed E-state index contributed by atoms with van der Waals surface area (Å²) in [5.74, 6) is 0.729. The SMILES string of the molecule is O=C(c1ccccn1)[C@@H]1CCCN(C(=O)CN2CCN(c3ncccn3)CC2)C1. The molecule has 1 atom stereocenters. The van der Waals surface area contributed by atoms with Gasteiger partial charge in [-0.1, -0.05) is 6.07 Å². The minimum atomic E-state index is -0.158. The van der Waals surface area contributed by atoms with Crippen LogP contribution in [0.4, 0.5) is 5.95 Å². The van der Waals surface area contributed by atoms with Gasteiger partial charge < -0.3 is 9.80 Å². The number of hydrogen-bond donors (Lipinski definition) is 0. The molecule has 0 N–H and O–H groups in total. The zero-order valence-corrected chi connectivity index (χ0v) is 16.5. The van der Waals surface area contributed by atoms with E-state index in [1.54, 1.807) is 30.7 Å². The van der Waals surface area contributed by atoms with Crippen molar-refractivity contribution in [1.29, 1.82) is 0 Å². The van der Waals surface area contributed by atoms with Crippen molar-refractivity contribution < 1.29 is 9.59 Å². The smallest absolute Gasteiger partial charge is 0.236 e. The lowest BCUT2D eigenvalue weighted by atomic mass is 9.92. The molecule has 8 heteroatoms. The highest BCUT2D eigenvalue weighted by molar-refractivity contribution is 5.96. The van der Waals surface area contributed by atoms with E-state index in [1.807, 2.05) is 17.0 Å². The Morgan fingerprint density at radius 3 is 2.41 bits per heavy atom. The molecule has 2 aliphatic heterocycles. The lowest BCUT2D eigenvalue weighted by Gasteiger charge is -2.37. The van der Waals surface area contributed by atoms with Crippen LogP contribution in [0.1, 0.15) is 23.3 Å². The fourth-order valence-electron chi connectivity index (χ4n) is 3.99. The van der Waals surface area contributed by atoms with Crippen molar-refractivity contribution >= 4 is 17.6 Å². The summed E-state index contributed by atoms with van der Waals surface area (Å²) in [6.07, 6.45) is 6.80. The van der Waals surface area contributed by atoms with E-state index in [2.05, 4.69) is 24.8 Å². The summed E-state index contributed by atoms with van der Waals surface area (Å²) >= 11 is 0. The van der Waals surface area contributed by atoms with E-state index in [-0.39, 0.29) is 17.6 Å². The maximum absolute atomic E-state index is 12.8. The highest BCUT2D eigenvalue weighted by Crippen LogP contribution is 2.21. The van der Waals surface area contributed by atoms with Crippen LogP contribution in [-0.4, -0.2) is 82.3 Å². The van der Waals surface area contributed by atoms with E-state index in [4.69, 9.17) is 0 Å². The largest absolute Gasteiger partial charge is 0.341 e. The quantitative estimate of drug-likeness (QED) is 0.703. The Morgan fingerprint density at radius 1 is 0.931 bits per heavy atom. The summed E-state index contributed by atoms with van der Waals surface area (Å²) in [4.78, 5) is 44.5. The van der Waals surface area contributed by atoms with Gasteiger partial charge in [-0.25, -0.2) is 9.97 Å². The number of aromatic nitrogens is 3. The maximum Gasteiger partial charge on any atom is 0.236 e. The Hall–Kier alpha value is -2.87. The number of hydrogen-bond acceptors (Lipinski definition) is 7. The van der Waals surface area contributed by atoms with Crippen molar-refractivity contribution in [2.75, 3.05) is 50.7 Å². The van der Waals surface area contributed by atoms with Gasteiger partial charge in [0.1, 0.15) is 5.69 Å². The number of anilines is 1. The molecular formula is C21H26N6O2. The third-order valence-corrected chi connectivity index (χ3v) is 5.63. The Labute approximate surface area is 170 Å². The Balaban J connectivity index is 1.28. The predicted octanol–water partition coefficient (Wildman–Crippen LogP) is 1.12. The second-order valence-corrected chi connectivity index (χ2v) is 7.57. The van der Waals surface area contributed by atoms with E-state index < -0.39 is 0 Å². The number of nitrogens with zero attached hydrogens (tertiary/aromatic N) is 6. The number of ketones is 1. The molecule has 0 aliphatic carbocycles. The van der Waals surface area contributed by atoms with Gasteiger partial charge in [0, 0.05) is 63.8 Å². The first-order chi connectivity index (χ1) is 14.2. The average molecular weight is 394 g/mol. The molecule has 0 aromatic carbocycles. The zero-order chi connectivity index (χ0) is 20.1. The maximum atomic E-state index is 12.8. The topological polar surface area (TPSA) is 82.5 Å². The fourth-order valence-corrected chi connectivity index (χ4v) is 3.99. The molecule has 2 aromatic heterocycles. The molecule has 2 fully saturated rings. The zero-order valence-electron chi connectivity index (χ0n) is 16.5. The van der Waals surface area contributed by atoms with Gasteiger partial charge in [-0.2, -0.15) is 0 Å². The average Bonchev–Trinajstić information content (AvgIpc) is 2.80. The second-order valence-electron chi connectivity index (χ2n) is 7.57. The standard InChI is InChI=1S/C21H26N6O2/c28-19(16-25-11-13-26(14-12-25)21-23-8-4-9-24-21)27-10-3-5-17(15-27)20(29)18-6-1-2-7-22-18/h1-2,4,6-9,17H,3,5,10-16H2/t17-/m1/s1. The number of piperidine rings is 1. The lowest BCUT2D eigenvalue weighted by molar-refractivity contribution is -0.133. The highest BCUT2D eigenvalue weighted by Gasteiger charge is 2.30. The molecule has 4 heterocycles. The number of likely N-dealkylation sites (tertiary alicyclic amines) is 1. The summed E-state index contributed by atoms with van der Waals surface area (Å²) in [5, 5.41) is 0. The minimum absolute atomic E-state index is 0.0413. The van der Waals surface area contributed by atoms with Gasteiger partial charge in [0.25, 0.3) is 0 Å². The molecule has 4 rings (SSSR count). The molecule has 0 radical (unpaired) electrons. The van der Waals surface area contributed by atoms with Crippen LogP contribution in [0.15, 0.2) is 42.9 Å². The summed E-state index contributed by atoms with van der Waals surface area (Å²) in [5.41, 5.74) is 0.492. The number of rotatable bonds is 5. The number of carbonyl (C=O) groups excluding carboxylic acids is 2. The van der Waals surface area contributed by atoms with Gasteiger partial charge in [-0.05, 0) is 31.0 Å². The molecule has 0 unspecified atom stereocenters. The molecule has 2 aliphatic rings. The third kappa shape index (κ3) is 4.76. The molecule has 8 nitrogen and oxygen atoms in total. The van der Waals surface area contributed by atoms with Gasteiger partial charge in [0.15, 0.2) is 5.78 Å². The molecule has 29 heavy (non-hydrogen) atoms. The lowest BCUT2D eigenvalue weighted by Crippen LogP contribution is -2.52. The van der Waals surface area contributed by atoms with Gasteiger partial charge in [0.2, 0.25) is 11.9 Å². The summed E-state index contributed by atoms with van der Waals surface area (Å²) in [6, 6.07) is 7.19. The number of amides is 1. The van der Waals surface area contributed by atoms with Crippen molar-refractivity contribution in [3.8, 4) is 0 Å². The van der Waals surface area contributed by atoms with Gasteiger partial charge >= 0.3 is 0 Å². The van der Waals surface area contributed by atoms with E-state index in [1.165, 1.54) is 0 Å². The fraction of sp³-hybridized carbons (Fsp3) is 0.476. The second kappa shape index (κ2) is 9.09. The van der Waals surface area contributed by atoms with Crippen molar-refractivity contribution in [2.45, 2.75) is 12.8 Å². The van der Waals surface area contributed by atoms with E-state index >= 15 is 0 Å². The van der Waals surface area contributed by atoms with Gasteiger partial charge in [-0.15, -0.1) is 0 Å². The van der Waals surface area contributed by atoms with Crippen LogP contribution in [0.25, 0.3) is 0 Å². The number of carbonyl (C=O) groups is 2. The molecule has 0 spiro atoms. The summed E-state index contributed by atoms with van der Waals surface area (Å²) in [7, 11) is 0. The minimum Gasteiger partial charge on any atom is -0.341 e. The first-order valence-corrected chi connectivity index (χ1v) is 10.2. The molecule has 2 aromatic rings. The predicted molar refractivity (Wildman–Crippen MR) is 109 cm³/mol. The molecule has 1 amide bonds. The summed E-state index contributed by atoms with van der Waals surface area (Å²) < 4.78 is 0. The first-order valence-electron chi connectivity index (χ1n) is 10.2.